The highest BCUT2D eigenvalue weighted by Crippen LogP contribution is 2.41. The summed E-state index contributed by atoms with van der Waals surface area (Å²) in [6.45, 7) is 15.1. The van der Waals surface area contributed by atoms with E-state index in [1.807, 2.05) is 19.9 Å². The van der Waals surface area contributed by atoms with Gasteiger partial charge < -0.3 is 4.42 Å². The number of hydrogen-bond acceptors (Lipinski definition) is 6. The van der Waals surface area contributed by atoms with Gasteiger partial charge in [-0.15, -0.1) is 11.3 Å². The average molecular weight is 633 g/mol. The molecule has 0 fully saturated rings. The Morgan fingerprint density at radius 2 is 1.30 bits per heavy atom. The van der Waals surface area contributed by atoms with Crippen LogP contribution in [0.15, 0.2) is 89.3 Å². The van der Waals surface area contributed by atoms with Crippen molar-refractivity contribution in [1.29, 1.82) is 0 Å². The molecule has 232 valence electrons. The Morgan fingerprint density at radius 3 is 2.06 bits per heavy atom. The predicted octanol–water partition coefficient (Wildman–Crippen LogP) is 11.2. The van der Waals surface area contributed by atoms with Crippen LogP contribution in [-0.2, 0) is 5.41 Å². The fraction of sp³-hybridized carbons (Fsp3) is 0.220. The van der Waals surface area contributed by atoms with Gasteiger partial charge in [0.2, 0.25) is 5.71 Å². The molecular weight excluding hydrogens is 597 g/mol. The summed E-state index contributed by atoms with van der Waals surface area (Å²) < 4.78 is 7.62. The molecule has 6 heteroatoms. The Hall–Kier alpha value is -4.94. The molecule has 0 radical (unpaired) electrons. The molecule has 5 nitrogen and oxygen atoms in total. The number of fused-ring (bicyclic) bond motifs is 6. The molecule has 0 saturated carbocycles. The van der Waals surface area contributed by atoms with Gasteiger partial charge in [-0.05, 0) is 106 Å². The fourth-order valence-corrected chi connectivity index (χ4v) is 7.79. The lowest BCUT2D eigenvalue weighted by Gasteiger charge is -2.26. The van der Waals surface area contributed by atoms with Gasteiger partial charge in [-0.2, -0.15) is 0 Å². The van der Waals surface area contributed by atoms with Crippen molar-refractivity contribution in [1.82, 2.24) is 19.9 Å². The van der Waals surface area contributed by atoms with Crippen LogP contribution in [-0.4, -0.2) is 19.9 Å². The molecule has 8 rings (SSSR count). The summed E-state index contributed by atoms with van der Waals surface area (Å²) in [5.41, 5.74) is 11.3. The normalized spacial score (nSPS) is 12.3. The first-order valence-electron chi connectivity index (χ1n) is 16.2. The maximum Gasteiger partial charge on any atom is 0.227 e. The number of rotatable bonds is 5. The van der Waals surface area contributed by atoms with E-state index in [-0.39, 0.29) is 0 Å². The minimum absolute atomic E-state index is 0.314. The third-order valence-corrected chi connectivity index (χ3v) is 10.5. The predicted molar refractivity (Wildman–Crippen MR) is 196 cm³/mol. The van der Waals surface area contributed by atoms with Crippen molar-refractivity contribution in [2.75, 3.05) is 0 Å². The number of nitrogens with zero attached hydrogens (tertiary/aromatic N) is 4. The van der Waals surface area contributed by atoms with Crippen LogP contribution in [0, 0.1) is 20.8 Å². The summed E-state index contributed by atoms with van der Waals surface area (Å²) in [7, 11) is 0. The van der Waals surface area contributed by atoms with E-state index in [2.05, 4.69) is 118 Å². The van der Waals surface area contributed by atoms with Crippen molar-refractivity contribution in [3.63, 3.8) is 0 Å². The maximum atomic E-state index is 6.41. The van der Waals surface area contributed by atoms with E-state index in [0.717, 1.165) is 66.5 Å². The average Bonchev–Trinajstić information content (AvgIpc) is 3.61. The van der Waals surface area contributed by atoms with Crippen molar-refractivity contribution in [2.45, 2.75) is 59.8 Å². The van der Waals surface area contributed by atoms with E-state index < -0.39 is 5.41 Å². The number of furan rings is 1. The van der Waals surface area contributed by atoms with E-state index in [4.69, 9.17) is 19.4 Å². The van der Waals surface area contributed by atoms with E-state index >= 15 is 0 Å². The number of aryl methyl sites for hydroxylation is 3. The first-order valence-corrected chi connectivity index (χ1v) is 17.0. The molecule has 0 aliphatic carbocycles. The molecule has 47 heavy (non-hydrogen) atoms. The van der Waals surface area contributed by atoms with Crippen LogP contribution in [0.25, 0.3) is 64.9 Å². The minimum Gasteiger partial charge on any atom is -0.437 e. The van der Waals surface area contributed by atoms with Crippen LogP contribution < -0.4 is 0 Å². The number of aromatic nitrogens is 4. The quantitative estimate of drug-likeness (QED) is 0.189. The Bertz CT molecular complexity index is 2520. The van der Waals surface area contributed by atoms with Gasteiger partial charge >= 0.3 is 0 Å². The van der Waals surface area contributed by atoms with Crippen molar-refractivity contribution < 1.29 is 4.42 Å². The summed E-state index contributed by atoms with van der Waals surface area (Å²) in [5.74, 6) is 0.314. The zero-order valence-corrected chi connectivity index (χ0v) is 28.6. The lowest BCUT2D eigenvalue weighted by atomic mass is 9.82. The third kappa shape index (κ3) is 4.90. The molecule has 0 aliphatic heterocycles. The molecule has 0 atom stereocenters. The van der Waals surface area contributed by atoms with Gasteiger partial charge in [0, 0.05) is 54.2 Å². The van der Waals surface area contributed by atoms with Crippen LogP contribution in [0.1, 0.15) is 67.5 Å². The van der Waals surface area contributed by atoms with Crippen molar-refractivity contribution in [3.05, 3.63) is 119 Å². The Labute approximate surface area is 278 Å². The molecule has 8 aromatic rings. The lowest BCUT2D eigenvalue weighted by Crippen LogP contribution is -2.23. The van der Waals surface area contributed by atoms with Crippen LogP contribution >= 0.6 is 11.3 Å². The second-order valence-corrected chi connectivity index (χ2v) is 14.5. The maximum absolute atomic E-state index is 6.41. The smallest absolute Gasteiger partial charge is 0.227 e. The van der Waals surface area contributed by atoms with Crippen LogP contribution in [0.3, 0.4) is 0 Å². The Kier molecular flexibility index (Phi) is 6.78. The molecule has 6 aromatic heterocycles. The standard InChI is InChI=1S/C41H36N4OS/c1-22(2)26-20-34(31-12-8-10-27-29-16-14-24(4)42-39(29)46-37(27)31)45-36(21-26)41(6,7)35-19-23(3)18-33(44-35)32-13-9-11-28-30-17-15-25(5)43-40(30)47-38(28)32/h8-22H,1-7H3. The highest BCUT2D eigenvalue weighted by Gasteiger charge is 2.29. The zero-order valence-electron chi connectivity index (χ0n) is 27.8. The highest BCUT2D eigenvalue weighted by molar-refractivity contribution is 7.26. The first-order chi connectivity index (χ1) is 22.6. The molecule has 0 saturated heterocycles. The first kappa shape index (κ1) is 29.5. The van der Waals surface area contributed by atoms with E-state index in [9.17, 15) is 0 Å². The summed E-state index contributed by atoms with van der Waals surface area (Å²) in [5, 5.41) is 4.48. The minimum atomic E-state index is -0.479. The lowest BCUT2D eigenvalue weighted by molar-refractivity contribution is 0.593. The second-order valence-electron chi connectivity index (χ2n) is 13.5. The largest absolute Gasteiger partial charge is 0.437 e. The van der Waals surface area contributed by atoms with Crippen molar-refractivity contribution in [3.8, 4) is 22.5 Å². The molecule has 0 N–H and O–H groups in total. The second kappa shape index (κ2) is 10.8. The summed E-state index contributed by atoms with van der Waals surface area (Å²) in [6.07, 6.45) is 0. The van der Waals surface area contributed by atoms with Crippen molar-refractivity contribution in [2.24, 2.45) is 0 Å². The van der Waals surface area contributed by atoms with E-state index in [0.29, 0.717) is 11.6 Å². The van der Waals surface area contributed by atoms with Crippen LogP contribution in [0.4, 0.5) is 0 Å². The molecule has 0 spiro atoms. The van der Waals surface area contributed by atoms with Gasteiger partial charge in [0.05, 0.1) is 22.8 Å². The number of hydrogen-bond donors (Lipinski definition) is 0. The third-order valence-electron chi connectivity index (χ3n) is 9.32. The SMILES string of the molecule is Cc1cc(-c2cccc3c2sc2nc(C)ccc23)nc(C(C)(C)c2cc(C(C)C)cc(-c3cccc4c3oc3nc(C)ccc34)n2)c1. The topological polar surface area (TPSA) is 64.7 Å². The summed E-state index contributed by atoms with van der Waals surface area (Å²) in [6, 6.07) is 30.1. The Balaban J connectivity index is 1.29. The molecule has 0 aliphatic rings. The Morgan fingerprint density at radius 1 is 0.638 bits per heavy atom. The summed E-state index contributed by atoms with van der Waals surface area (Å²) >= 11 is 1.74. The van der Waals surface area contributed by atoms with Crippen LogP contribution in [0.2, 0.25) is 0 Å². The number of thiophene rings is 1. The van der Waals surface area contributed by atoms with Gasteiger partial charge in [0.1, 0.15) is 10.4 Å². The molecular formula is C41H36N4OS. The van der Waals surface area contributed by atoms with Gasteiger partial charge in [-0.3, -0.25) is 9.97 Å². The van der Waals surface area contributed by atoms with Crippen molar-refractivity contribution >= 4 is 53.7 Å². The van der Waals surface area contributed by atoms with Crippen LogP contribution in [0.5, 0.6) is 0 Å². The van der Waals surface area contributed by atoms with Gasteiger partial charge in [-0.25, -0.2) is 9.97 Å². The van der Waals surface area contributed by atoms with E-state index in [1.165, 1.54) is 26.6 Å². The number of pyridine rings is 4. The molecule has 0 amide bonds. The highest BCUT2D eigenvalue weighted by atomic mass is 32.1. The van der Waals surface area contributed by atoms with Gasteiger partial charge in [0.25, 0.3) is 0 Å². The molecule has 0 bridgehead atoms. The fourth-order valence-electron chi connectivity index (χ4n) is 6.55. The van der Waals surface area contributed by atoms with Gasteiger partial charge in [-0.1, -0.05) is 44.2 Å². The van der Waals surface area contributed by atoms with E-state index in [1.54, 1.807) is 11.3 Å². The summed E-state index contributed by atoms with van der Waals surface area (Å²) in [4.78, 5) is 21.3. The monoisotopic (exact) mass is 632 g/mol. The molecule has 6 heterocycles. The number of para-hydroxylation sites is 1. The number of benzene rings is 2. The zero-order chi connectivity index (χ0) is 32.6. The molecule has 2 aromatic carbocycles. The van der Waals surface area contributed by atoms with Gasteiger partial charge in [0.15, 0.2) is 0 Å². The molecule has 0 unspecified atom stereocenters.